The van der Waals surface area contributed by atoms with Crippen molar-refractivity contribution < 1.29 is 20.1 Å². The number of quaternary nitrogens is 1. The molecule has 0 bridgehead atoms. The molecule has 0 aliphatic heterocycles. The van der Waals surface area contributed by atoms with Crippen LogP contribution in [0.2, 0.25) is 0 Å². The van der Waals surface area contributed by atoms with Gasteiger partial charge in [-0.25, -0.2) is 0 Å². The number of ether oxygens (including phenoxy) is 1. The van der Waals surface area contributed by atoms with Gasteiger partial charge in [0.15, 0.2) is 0 Å². The molecule has 1 amide bonds. The normalized spacial score (nSPS) is 11.2. The smallest absolute Gasteiger partial charge is 0.255 e. The predicted octanol–water partition coefficient (Wildman–Crippen LogP) is 2.19. The molecule has 1 aromatic rings. The summed E-state index contributed by atoms with van der Waals surface area (Å²) in [5, 5.41) is 3.05. The molecule has 0 aliphatic rings. The molecule has 6 nitrogen and oxygen atoms in total. The van der Waals surface area contributed by atoms with E-state index in [-0.39, 0.29) is 11.9 Å². The van der Waals surface area contributed by atoms with E-state index in [0.717, 1.165) is 44.2 Å². The number of amides is 1. The Hall–Kier alpha value is -1.92. The van der Waals surface area contributed by atoms with Crippen LogP contribution in [0.5, 0.6) is 5.75 Å². The number of unbranched alkanes of at least 4 members (excludes halogenated alkanes) is 3. The van der Waals surface area contributed by atoms with E-state index in [0.29, 0.717) is 24.5 Å². The monoisotopic (exact) mass is 352 g/mol. The summed E-state index contributed by atoms with van der Waals surface area (Å²) in [6.45, 7) is 7.49. The molecule has 142 valence electrons. The van der Waals surface area contributed by atoms with Crippen molar-refractivity contribution in [3.63, 3.8) is 0 Å². The molecule has 6 N–H and O–H groups in total. The summed E-state index contributed by atoms with van der Waals surface area (Å²) < 4.78 is 5.79. The second kappa shape index (κ2) is 14.4. The molecule has 0 spiro atoms. The van der Waals surface area contributed by atoms with Crippen molar-refractivity contribution in [1.29, 1.82) is 0 Å². The number of nitrogens with one attached hydrogen (secondary N) is 1. The number of benzene rings is 1. The summed E-state index contributed by atoms with van der Waals surface area (Å²) >= 11 is 0. The van der Waals surface area contributed by atoms with Gasteiger partial charge in [0.25, 0.3) is 5.91 Å². The maximum atomic E-state index is 12.5. The van der Waals surface area contributed by atoms with Crippen LogP contribution in [0.4, 0.5) is 5.69 Å². The zero-order chi connectivity index (χ0) is 19.1. The van der Waals surface area contributed by atoms with Gasteiger partial charge in [-0.1, -0.05) is 19.8 Å². The molecule has 0 radical (unpaired) electrons. The zero-order valence-electron chi connectivity index (χ0n) is 15.7. The lowest BCUT2D eigenvalue weighted by molar-refractivity contribution is -0.254. The van der Waals surface area contributed by atoms with Crippen molar-refractivity contribution in [3.8, 4) is 5.75 Å². The highest BCUT2D eigenvalue weighted by molar-refractivity contribution is 5.97. The van der Waals surface area contributed by atoms with E-state index in [1.165, 1.54) is 0 Å². The lowest BCUT2D eigenvalue weighted by atomic mass is 10.1. The highest BCUT2D eigenvalue weighted by atomic mass is 16.5. The second-order valence-electron chi connectivity index (χ2n) is 6.05. The van der Waals surface area contributed by atoms with Crippen molar-refractivity contribution in [2.24, 2.45) is 5.73 Å². The standard InChI is InChI=1S/C18H31N3O2.CH2O/c1-3-4-8-14(2)21-18(22)16-13-15(20)9-10-17(16)23-12-7-5-6-11-19;1-2/h9-10,13-14H,3-8,11-12,19-20H2,1-2H3,(H,21,22);1H2/p+1. The molecule has 0 aliphatic carbocycles. The van der Waals surface area contributed by atoms with Gasteiger partial charge in [-0.05, 0) is 45.2 Å². The van der Waals surface area contributed by atoms with Gasteiger partial charge in [0.1, 0.15) is 18.2 Å². The SMILES string of the molecule is C=O.CCCCC(C)NC(=O)c1cc([NH3+])ccc1OCCCCCN. The Labute approximate surface area is 151 Å². The molecule has 1 atom stereocenters. The fraction of sp³-hybridized carbons (Fsp3) is 0.579. The number of nitrogens with two attached hydrogens (primary N) is 1. The maximum absolute atomic E-state index is 12.5. The molecule has 0 heterocycles. The van der Waals surface area contributed by atoms with Gasteiger partial charge in [0.2, 0.25) is 0 Å². The number of hydrogen-bond acceptors (Lipinski definition) is 4. The predicted molar refractivity (Wildman–Crippen MR) is 101 cm³/mol. The molecule has 0 fully saturated rings. The molecular weight excluding hydrogens is 318 g/mol. The summed E-state index contributed by atoms with van der Waals surface area (Å²) in [5.74, 6) is 0.543. The Morgan fingerprint density at radius 1 is 1.28 bits per heavy atom. The average molecular weight is 352 g/mol. The number of carbonyl (C=O) groups is 2. The lowest BCUT2D eigenvalue weighted by Crippen LogP contribution is -2.40. The number of rotatable bonds is 11. The maximum Gasteiger partial charge on any atom is 0.255 e. The first kappa shape index (κ1) is 23.1. The van der Waals surface area contributed by atoms with Crippen LogP contribution in [-0.2, 0) is 4.79 Å². The Bertz CT molecular complexity index is 495. The Balaban J connectivity index is 0.00000277. The molecule has 6 heteroatoms. The molecule has 0 saturated heterocycles. The highest BCUT2D eigenvalue weighted by Crippen LogP contribution is 2.21. The fourth-order valence-electron chi connectivity index (χ4n) is 2.37. The first-order valence-electron chi connectivity index (χ1n) is 8.97. The topological polar surface area (TPSA) is 109 Å². The van der Waals surface area contributed by atoms with Gasteiger partial charge in [-0.15, -0.1) is 0 Å². The van der Waals surface area contributed by atoms with Crippen LogP contribution in [0.15, 0.2) is 18.2 Å². The third-order valence-corrected chi connectivity index (χ3v) is 3.76. The van der Waals surface area contributed by atoms with Crippen molar-refractivity contribution in [1.82, 2.24) is 5.32 Å². The summed E-state index contributed by atoms with van der Waals surface area (Å²) in [7, 11) is 0. The van der Waals surface area contributed by atoms with Crippen molar-refractivity contribution in [2.75, 3.05) is 13.2 Å². The Morgan fingerprint density at radius 2 is 2.00 bits per heavy atom. The van der Waals surface area contributed by atoms with Gasteiger partial charge in [0, 0.05) is 18.2 Å². The van der Waals surface area contributed by atoms with Crippen LogP contribution >= 0.6 is 0 Å². The second-order valence-corrected chi connectivity index (χ2v) is 6.05. The molecular formula is C19H34N3O3+. The van der Waals surface area contributed by atoms with Gasteiger partial charge >= 0.3 is 0 Å². The van der Waals surface area contributed by atoms with Crippen LogP contribution < -0.4 is 21.5 Å². The van der Waals surface area contributed by atoms with Crippen LogP contribution in [0.25, 0.3) is 0 Å². The molecule has 0 saturated carbocycles. The molecule has 25 heavy (non-hydrogen) atoms. The van der Waals surface area contributed by atoms with Crippen LogP contribution in [0.1, 0.15) is 62.7 Å². The summed E-state index contributed by atoms with van der Waals surface area (Å²) in [5.41, 5.74) is 10.8. The molecule has 1 rings (SSSR count). The van der Waals surface area contributed by atoms with E-state index in [1.807, 2.05) is 25.8 Å². The zero-order valence-corrected chi connectivity index (χ0v) is 15.7. The number of hydrogen-bond donors (Lipinski definition) is 3. The van der Waals surface area contributed by atoms with E-state index in [4.69, 9.17) is 15.3 Å². The van der Waals surface area contributed by atoms with Crippen LogP contribution in [0.3, 0.4) is 0 Å². The minimum absolute atomic E-state index is 0.0870. The fourth-order valence-corrected chi connectivity index (χ4v) is 2.37. The van der Waals surface area contributed by atoms with E-state index >= 15 is 0 Å². The van der Waals surface area contributed by atoms with Crippen molar-refractivity contribution in [3.05, 3.63) is 23.8 Å². The van der Waals surface area contributed by atoms with E-state index in [9.17, 15) is 4.79 Å². The minimum atomic E-state index is -0.0870. The first-order chi connectivity index (χ1) is 12.1. The largest absolute Gasteiger partial charge is 0.493 e. The van der Waals surface area contributed by atoms with E-state index in [2.05, 4.69) is 18.0 Å². The van der Waals surface area contributed by atoms with Gasteiger partial charge in [-0.3, -0.25) is 4.79 Å². The van der Waals surface area contributed by atoms with Crippen LogP contribution in [-0.4, -0.2) is 31.9 Å². The van der Waals surface area contributed by atoms with Crippen molar-refractivity contribution >= 4 is 18.4 Å². The molecule has 1 unspecified atom stereocenters. The van der Waals surface area contributed by atoms with Gasteiger partial charge in [-0.2, -0.15) is 0 Å². The molecule has 1 aromatic carbocycles. The lowest BCUT2D eigenvalue weighted by Gasteiger charge is -2.16. The Kier molecular flexibility index (Phi) is 13.3. The summed E-state index contributed by atoms with van der Waals surface area (Å²) in [4.78, 5) is 20.5. The van der Waals surface area contributed by atoms with E-state index in [1.54, 1.807) is 6.07 Å². The minimum Gasteiger partial charge on any atom is -0.493 e. The van der Waals surface area contributed by atoms with Crippen molar-refractivity contribution in [2.45, 2.75) is 58.4 Å². The number of carbonyl (C=O) groups excluding carboxylic acids is 2. The van der Waals surface area contributed by atoms with E-state index < -0.39 is 0 Å². The van der Waals surface area contributed by atoms with Gasteiger partial charge < -0.3 is 26.3 Å². The first-order valence-corrected chi connectivity index (χ1v) is 8.97. The summed E-state index contributed by atoms with van der Waals surface area (Å²) in [6, 6.07) is 5.65. The third-order valence-electron chi connectivity index (χ3n) is 3.76. The Morgan fingerprint density at radius 3 is 2.64 bits per heavy atom. The van der Waals surface area contributed by atoms with Crippen LogP contribution in [0, 0.1) is 0 Å². The highest BCUT2D eigenvalue weighted by Gasteiger charge is 2.16. The summed E-state index contributed by atoms with van der Waals surface area (Å²) in [6.07, 6.45) is 6.22. The quantitative estimate of drug-likeness (QED) is 0.530. The average Bonchev–Trinajstić information content (AvgIpc) is 2.62. The molecule has 0 aromatic heterocycles. The third kappa shape index (κ3) is 9.84. The van der Waals surface area contributed by atoms with Gasteiger partial charge in [0.05, 0.1) is 12.2 Å².